The second kappa shape index (κ2) is 6.81. The van der Waals surface area contributed by atoms with Crippen molar-refractivity contribution < 1.29 is 18.3 Å². The fourth-order valence-electron chi connectivity index (χ4n) is 1.68. The van der Waals surface area contributed by atoms with Gasteiger partial charge in [-0.05, 0) is 29.8 Å². The van der Waals surface area contributed by atoms with E-state index in [9.17, 15) is 13.6 Å². The van der Waals surface area contributed by atoms with Gasteiger partial charge >= 0.3 is 0 Å². The molecular formula is C15H14F2N2O2. The van der Waals surface area contributed by atoms with E-state index >= 15 is 0 Å². The van der Waals surface area contributed by atoms with Gasteiger partial charge in [-0.2, -0.15) is 0 Å². The van der Waals surface area contributed by atoms with Gasteiger partial charge in [0.25, 0.3) is 5.91 Å². The van der Waals surface area contributed by atoms with Gasteiger partial charge in [0.2, 0.25) is 0 Å². The van der Waals surface area contributed by atoms with Crippen molar-refractivity contribution in [3.05, 3.63) is 59.7 Å². The van der Waals surface area contributed by atoms with Crippen molar-refractivity contribution in [2.75, 3.05) is 11.9 Å². The SMILES string of the molecule is NCc1cccc(OCC(=O)Nc2ccc(F)c(F)c2)c1. The number of anilines is 1. The van der Waals surface area contributed by atoms with Gasteiger partial charge in [-0.25, -0.2) is 8.78 Å². The Morgan fingerprint density at radius 1 is 1.14 bits per heavy atom. The predicted molar refractivity (Wildman–Crippen MR) is 74.8 cm³/mol. The zero-order chi connectivity index (χ0) is 15.2. The zero-order valence-electron chi connectivity index (χ0n) is 11.1. The first kappa shape index (κ1) is 14.9. The molecule has 0 saturated heterocycles. The molecule has 2 aromatic rings. The van der Waals surface area contributed by atoms with Gasteiger partial charge in [0.1, 0.15) is 5.75 Å². The van der Waals surface area contributed by atoms with Crippen LogP contribution in [0.1, 0.15) is 5.56 Å². The summed E-state index contributed by atoms with van der Waals surface area (Å²) in [6.45, 7) is 0.130. The third-order valence-corrected chi connectivity index (χ3v) is 2.71. The molecule has 0 unspecified atom stereocenters. The number of hydrogen-bond donors (Lipinski definition) is 2. The van der Waals surface area contributed by atoms with Gasteiger partial charge in [-0.15, -0.1) is 0 Å². The summed E-state index contributed by atoms with van der Waals surface area (Å²) in [6.07, 6.45) is 0. The van der Waals surface area contributed by atoms with Crippen LogP contribution in [-0.2, 0) is 11.3 Å². The molecule has 6 heteroatoms. The molecule has 0 spiro atoms. The van der Waals surface area contributed by atoms with E-state index in [1.165, 1.54) is 6.07 Å². The van der Waals surface area contributed by atoms with Gasteiger partial charge in [0.05, 0.1) is 0 Å². The van der Waals surface area contributed by atoms with Crippen molar-refractivity contribution in [3.63, 3.8) is 0 Å². The van der Waals surface area contributed by atoms with E-state index in [1.54, 1.807) is 18.2 Å². The lowest BCUT2D eigenvalue weighted by atomic mass is 10.2. The first-order valence-corrected chi connectivity index (χ1v) is 6.25. The average Bonchev–Trinajstić information content (AvgIpc) is 2.49. The van der Waals surface area contributed by atoms with Crippen molar-refractivity contribution >= 4 is 11.6 Å². The smallest absolute Gasteiger partial charge is 0.262 e. The first-order valence-electron chi connectivity index (χ1n) is 6.25. The van der Waals surface area contributed by atoms with E-state index in [-0.39, 0.29) is 12.3 Å². The van der Waals surface area contributed by atoms with Gasteiger partial charge in [0, 0.05) is 18.3 Å². The fourth-order valence-corrected chi connectivity index (χ4v) is 1.68. The van der Waals surface area contributed by atoms with E-state index in [0.717, 1.165) is 17.7 Å². The van der Waals surface area contributed by atoms with Crippen LogP contribution in [0.3, 0.4) is 0 Å². The van der Waals surface area contributed by atoms with E-state index in [1.807, 2.05) is 6.07 Å². The summed E-state index contributed by atoms with van der Waals surface area (Å²) in [5, 5.41) is 2.41. The van der Waals surface area contributed by atoms with Crippen molar-refractivity contribution in [2.45, 2.75) is 6.54 Å². The summed E-state index contributed by atoms with van der Waals surface area (Å²) in [4.78, 5) is 11.7. The number of halogens is 2. The molecule has 0 saturated carbocycles. The Balaban J connectivity index is 1.91. The van der Waals surface area contributed by atoms with Crippen LogP contribution >= 0.6 is 0 Å². The van der Waals surface area contributed by atoms with E-state index < -0.39 is 17.5 Å². The lowest BCUT2D eigenvalue weighted by Crippen LogP contribution is -2.20. The van der Waals surface area contributed by atoms with Crippen LogP contribution < -0.4 is 15.8 Å². The maximum atomic E-state index is 13.0. The summed E-state index contributed by atoms with van der Waals surface area (Å²) < 4.78 is 31.0. The number of nitrogens with two attached hydrogens (primary N) is 1. The number of ether oxygens (including phenoxy) is 1. The maximum Gasteiger partial charge on any atom is 0.262 e. The van der Waals surface area contributed by atoms with Crippen LogP contribution in [0.4, 0.5) is 14.5 Å². The van der Waals surface area contributed by atoms with Crippen molar-refractivity contribution in [2.24, 2.45) is 5.73 Å². The van der Waals surface area contributed by atoms with Crippen LogP contribution in [-0.4, -0.2) is 12.5 Å². The first-order chi connectivity index (χ1) is 10.1. The van der Waals surface area contributed by atoms with Gasteiger partial charge in [0.15, 0.2) is 18.2 Å². The maximum absolute atomic E-state index is 13.0. The molecule has 0 aliphatic rings. The number of hydrogen-bond acceptors (Lipinski definition) is 3. The minimum Gasteiger partial charge on any atom is -0.484 e. The van der Waals surface area contributed by atoms with Gasteiger partial charge in [-0.3, -0.25) is 4.79 Å². The van der Waals surface area contributed by atoms with Crippen LogP contribution in [0.5, 0.6) is 5.75 Å². The normalized spacial score (nSPS) is 10.2. The van der Waals surface area contributed by atoms with Gasteiger partial charge < -0.3 is 15.8 Å². The number of benzene rings is 2. The highest BCUT2D eigenvalue weighted by Crippen LogP contribution is 2.14. The fraction of sp³-hybridized carbons (Fsp3) is 0.133. The second-order valence-electron chi connectivity index (χ2n) is 4.32. The van der Waals surface area contributed by atoms with Crippen LogP contribution in [0, 0.1) is 11.6 Å². The average molecular weight is 292 g/mol. The molecule has 0 aliphatic heterocycles. The van der Waals surface area contributed by atoms with Crippen molar-refractivity contribution in [1.82, 2.24) is 0 Å². The minimum absolute atomic E-state index is 0.165. The molecule has 3 N–H and O–H groups in total. The molecule has 0 aliphatic carbocycles. The molecule has 110 valence electrons. The highest BCUT2D eigenvalue weighted by Gasteiger charge is 2.07. The molecule has 0 aromatic heterocycles. The number of amides is 1. The Morgan fingerprint density at radius 3 is 2.67 bits per heavy atom. The summed E-state index contributed by atoms with van der Waals surface area (Å²) in [5.41, 5.74) is 6.55. The molecule has 2 aromatic carbocycles. The Labute approximate surface area is 120 Å². The monoisotopic (exact) mass is 292 g/mol. The molecule has 0 heterocycles. The molecule has 21 heavy (non-hydrogen) atoms. The van der Waals surface area contributed by atoms with E-state index in [4.69, 9.17) is 10.5 Å². The quantitative estimate of drug-likeness (QED) is 0.889. The largest absolute Gasteiger partial charge is 0.484 e. The Morgan fingerprint density at radius 2 is 1.95 bits per heavy atom. The Bertz CT molecular complexity index is 647. The summed E-state index contributed by atoms with van der Waals surface area (Å²) in [7, 11) is 0. The summed E-state index contributed by atoms with van der Waals surface area (Å²) in [6, 6.07) is 10.2. The molecule has 1 amide bonds. The number of nitrogens with one attached hydrogen (secondary N) is 1. The van der Waals surface area contributed by atoms with Crippen molar-refractivity contribution in [3.8, 4) is 5.75 Å². The number of carbonyl (C=O) groups is 1. The molecule has 0 radical (unpaired) electrons. The van der Waals surface area contributed by atoms with E-state index in [0.29, 0.717) is 12.3 Å². The van der Waals surface area contributed by atoms with Gasteiger partial charge in [-0.1, -0.05) is 12.1 Å². The van der Waals surface area contributed by atoms with E-state index in [2.05, 4.69) is 5.32 Å². The number of rotatable bonds is 5. The van der Waals surface area contributed by atoms with Crippen LogP contribution in [0.15, 0.2) is 42.5 Å². The molecule has 4 nitrogen and oxygen atoms in total. The Hall–Kier alpha value is -2.47. The molecule has 0 atom stereocenters. The second-order valence-corrected chi connectivity index (χ2v) is 4.32. The lowest BCUT2D eigenvalue weighted by molar-refractivity contribution is -0.118. The third-order valence-electron chi connectivity index (χ3n) is 2.71. The standard InChI is InChI=1S/C15H14F2N2O2/c16-13-5-4-11(7-14(13)17)19-15(20)9-21-12-3-1-2-10(6-12)8-18/h1-7H,8-9,18H2,(H,19,20). The molecule has 2 rings (SSSR count). The van der Waals surface area contributed by atoms with Crippen LogP contribution in [0.2, 0.25) is 0 Å². The molecule has 0 fully saturated rings. The molecule has 0 bridgehead atoms. The van der Waals surface area contributed by atoms with Crippen molar-refractivity contribution in [1.29, 1.82) is 0 Å². The van der Waals surface area contributed by atoms with Crippen LogP contribution in [0.25, 0.3) is 0 Å². The predicted octanol–water partition coefficient (Wildman–Crippen LogP) is 2.44. The highest BCUT2D eigenvalue weighted by atomic mass is 19.2. The molecular weight excluding hydrogens is 278 g/mol. The minimum atomic E-state index is -1.02. The zero-order valence-corrected chi connectivity index (χ0v) is 11.1. The number of carbonyl (C=O) groups excluding carboxylic acids is 1. The summed E-state index contributed by atoms with van der Waals surface area (Å²) >= 11 is 0. The summed E-state index contributed by atoms with van der Waals surface area (Å²) in [5.74, 6) is -1.95. The Kier molecular flexibility index (Phi) is 4.84. The highest BCUT2D eigenvalue weighted by molar-refractivity contribution is 5.91. The topological polar surface area (TPSA) is 64.3 Å². The third kappa shape index (κ3) is 4.25. The lowest BCUT2D eigenvalue weighted by Gasteiger charge is -2.08.